The van der Waals surface area contributed by atoms with Crippen molar-refractivity contribution < 1.29 is 13.5 Å². The summed E-state index contributed by atoms with van der Waals surface area (Å²) in [5, 5.41) is 11.1. The summed E-state index contributed by atoms with van der Waals surface area (Å²) >= 11 is 4.87. The van der Waals surface area contributed by atoms with Gasteiger partial charge in [-0.3, -0.25) is 0 Å². The van der Waals surface area contributed by atoms with Crippen molar-refractivity contribution in [1.29, 1.82) is 0 Å². The third-order valence-electron chi connectivity index (χ3n) is 3.10. The Balaban J connectivity index is 2.28. The Morgan fingerprint density at radius 1 is 1.33 bits per heavy atom. The van der Waals surface area contributed by atoms with E-state index in [-0.39, 0.29) is 18.0 Å². The molecule has 0 spiro atoms. The summed E-state index contributed by atoms with van der Waals surface area (Å²) < 4.78 is 28.5. The largest absolute Gasteiger partial charge is 0.392 e. The number of hydrogen-bond donors (Lipinski definition) is 2. The minimum Gasteiger partial charge on any atom is -0.392 e. The zero-order valence-corrected chi connectivity index (χ0v) is 14.7. The van der Waals surface area contributed by atoms with E-state index in [0.29, 0.717) is 12.0 Å². The summed E-state index contributed by atoms with van der Waals surface area (Å²) in [6.07, 6.45) is 0.616. The van der Waals surface area contributed by atoms with E-state index >= 15 is 0 Å². The van der Waals surface area contributed by atoms with Crippen LogP contribution in [0.5, 0.6) is 0 Å². The van der Waals surface area contributed by atoms with Crippen LogP contribution in [0.2, 0.25) is 0 Å². The van der Waals surface area contributed by atoms with Gasteiger partial charge in [0.2, 0.25) is 10.0 Å². The second kappa shape index (κ2) is 7.02. The monoisotopic (exact) mass is 389 g/mol. The fourth-order valence-electron chi connectivity index (χ4n) is 1.93. The quantitative estimate of drug-likeness (QED) is 0.797. The molecule has 0 saturated heterocycles. The van der Waals surface area contributed by atoms with Crippen LogP contribution in [0, 0.1) is 0 Å². The molecule has 1 aromatic heterocycles. The number of aryl methyl sites for hydroxylation is 1. The first-order chi connectivity index (χ1) is 9.97. The van der Waals surface area contributed by atoms with Crippen LogP contribution >= 0.6 is 27.3 Å². The van der Waals surface area contributed by atoms with Crippen LogP contribution in [0.1, 0.15) is 22.9 Å². The highest BCUT2D eigenvalue weighted by Crippen LogP contribution is 2.24. The Bertz CT molecular complexity index is 726. The lowest BCUT2D eigenvalue weighted by Gasteiger charge is -2.11. The summed E-state index contributed by atoms with van der Waals surface area (Å²) in [4.78, 5) is 1.17. The lowest BCUT2D eigenvalue weighted by molar-refractivity contribution is 0.281. The fraction of sp³-hybridized carbons (Fsp3) is 0.286. The van der Waals surface area contributed by atoms with Gasteiger partial charge in [-0.25, -0.2) is 13.1 Å². The van der Waals surface area contributed by atoms with Gasteiger partial charge in [0, 0.05) is 15.9 Å². The molecule has 7 heteroatoms. The molecule has 0 aliphatic heterocycles. The van der Waals surface area contributed by atoms with Gasteiger partial charge in [0.25, 0.3) is 0 Å². The van der Waals surface area contributed by atoms with Crippen LogP contribution < -0.4 is 4.72 Å². The average molecular weight is 390 g/mol. The summed E-state index contributed by atoms with van der Waals surface area (Å²) in [5.41, 5.74) is 1.33. The molecule has 0 aliphatic rings. The molecule has 0 atom stereocenters. The molecule has 0 fully saturated rings. The van der Waals surface area contributed by atoms with Crippen LogP contribution in [0.25, 0.3) is 0 Å². The summed E-state index contributed by atoms with van der Waals surface area (Å²) in [6.45, 7) is 1.97. The predicted octanol–water partition coefficient (Wildman–Crippen LogP) is 3.04. The highest BCUT2D eigenvalue weighted by molar-refractivity contribution is 9.10. The summed E-state index contributed by atoms with van der Waals surface area (Å²) in [7, 11) is -3.60. The van der Waals surface area contributed by atoms with Gasteiger partial charge >= 0.3 is 0 Å². The second-order valence-corrected chi connectivity index (χ2v) is 8.06. The van der Waals surface area contributed by atoms with E-state index in [4.69, 9.17) is 0 Å². The molecule has 0 amide bonds. The molecule has 21 heavy (non-hydrogen) atoms. The number of halogens is 1. The lowest BCUT2D eigenvalue weighted by Crippen LogP contribution is -2.24. The normalized spacial score (nSPS) is 11.8. The third-order valence-corrected chi connectivity index (χ3v) is 6.51. The van der Waals surface area contributed by atoms with E-state index in [1.165, 1.54) is 17.4 Å². The van der Waals surface area contributed by atoms with Crippen molar-refractivity contribution in [1.82, 2.24) is 4.72 Å². The van der Waals surface area contributed by atoms with Crippen LogP contribution in [0.15, 0.2) is 39.0 Å². The Labute approximate surface area is 137 Å². The highest BCUT2D eigenvalue weighted by Gasteiger charge is 2.19. The van der Waals surface area contributed by atoms with E-state index < -0.39 is 10.0 Å². The van der Waals surface area contributed by atoms with Gasteiger partial charge in [-0.15, -0.1) is 11.3 Å². The SMILES string of the molecule is CCc1ccc(CO)cc1S(=O)(=O)NCc1sccc1Br. The van der Waals surface area contributed by atoms with Crippen LogP contribution in [0.4, 0.5) is 0 Å². The van der Waals surface area contributed by atoms with E-state index in [9.17, 15) is 13.5 Å². The Hall–Kier alpha value is -0.730. The number of thiophene rings is 1. The van der Waals surface area contributed by atoms with Crippen molar-refractivity contribution in [3.05, 3.63) is 50.1 Å². The zero-order chi connectivity index (χ0) is 15.5. The summed E-state index contributed by atoms with van der Waals surface area (Å²) in [5.74, 6) is 0. The molecule has 0 bridgehead atoms. The Morgan fingerprint density at radius 3 is 2.67 bits per heavy atom. The van der Waals surface area contributed by atoms with Crippen molar-refractivity contribution in [2.24, 2.45) is 0 Å². The molecule has 0 aliphatic carbocycles. The molecule has 0 radical (unpaired) electrons. The molecular formula is C14H16BrNO3S2. The number of rotatable bonds is 6. The first kappa shape index (κ1) is 16.6. The summed E-state index contributed by atoms with van der Waals surface area (Å²) in [6, 6.07) is 6.91. The van der Waals surface area contributed by atoms with Gasteiger partial charge in [0.05, 0.1) is 11.5 Å². The number of aliphatic hydroxyl groups excluding tert-OH is 1. The molecule has 1 heterocycles. The predicted molar refractivity (Wildman–Crippen MR) is 87.8 cm³/mol. The molecule has 0 unspecified atom stereocenters. The van der Waals surface area contributed by atoms with E-state index in [2.05, 4.69) is 20.7 Å². The maximum Gasteiger partial charge on any atom is 0.241 e. The molecular weight excluding hydrogens is 374 g/mol. The molecule has 114 valence electrons. The minimum atomic E-state index is -3.60. The van der Waals surface area contributed by atoms with E-state index in [0.717, 1.165) is 14.9 Å². The van der Waals surface area contributed by atoms with Gasteiger partial charge in [-0.2, -0.15) is 0 Å². The van der Waals surface area contributed by atoms with Crippen molar-refractivity contribution in [2.45, 2.75) is 31.4 Å². The maximum atomic E-state index is 12.5. The van der Waals surface area contributed by atoms with Gasteiger partial charge in [-0.05, 0) is 51.0 Å². The van der Waals surface area contributed by atoms with Gasteiger partial charge < -0.3 is 5.11 Å². The Morgan fingerprint density at radius 2 is 2.10 bits per heavy atom. The molecule has 2 aromatic rings. The Kier molecular flexibility index (Phi) is 5.56. The number of sulfonamides is 1. The first-order valence-electron chi connectivity index (χ1n) is 6.42. The van der Waals surface area contributed by atoms with Gasteiger partial charge in [0.15, 0.2) is 0 Å². The number of aliphatic hydroxyl groups is 1. The third kappa shape index (κ3) is 3.92. The number of hydrogen-bond acceptors (Lipinski definition) is 4. The van der Waals surface area contributed by atoms with Crippen molar-refractivity contribution in [3.63, 3.8) is 0 Å². The van der Waals surface area contributed by atoms with E-state index in [1.54, 1.807) is 12.1 Å². The van der Waals surface area contributed by atoms with Crippen LogP contribution in [0.3, 0.4) is 0 Å². The van der Waals surface area contributed by atoms with Crippen molar-refractivity contribution in [3.8, 4) is 0 Å². The van der Waals surface area contributed by atoms with Gasteiger partial charge in [0.1, 0.15) is 0 Å². The van der Waals surface area contributed by atoms with Gasteiger partial charge in [-0.1, -0.05) is 19.1 Å². The first-order valence-corrected chi connectivity index (χ1v) is 9.57. The molecule has 0 saturated carbocycles. The lowest BCUT2D eigenvalue weighted by atomic mass is 10.1. The molecule has 1 aromatic carbocycles. The standard InChI is InChI=1S/C14H16BrNO3S2/c1-2-11-4-3-10(9-17)7-14(11)21(18,19)16-8-13-12(15)5-6-20-13/h3-7,16-17H,2,8-9H2,1H3. The smallest absolute Gasteiger partial charge is 0.241 e. The zero-order valence-electron chi connectivity index (χ0n) is 11.5. The van der Waals surface area contributed by atoms with Crippen LogP contribution in [-0.4, -0.2) is 13.5 Å². The molecule has 4 nitrogen and oxygen atoms in total. The maximum absolute atomic E-state index is 12.5. The van der Waals surface area contributed by atoms with Crippen molar-refractivity contribution >= 4 is 37.3 Å². The average Bonchev–Trinajstić information content (AvgIpc) is 2.90. The number of benzene rings is 1. The minimum absolute atomic E-state index is 0.178. The highest BCUT2D eigenvalue weighted by atomic mass is 79.9. The van der Waals surface area contributed by atoms with Crippen LogP contribution in [-0.2, 0) is 29.6 Å². The van der Waals surface area contributed by atoms with Crippen molar-refractivity contribution in [2.75, 3.05) is 0 Å². The number of nitrogens with one attached hydrogen (secondary N) is 1. The fourth-order valence-corrected chi connectivity index (χ4v) is 4.81. The molecule has 2 N–H and O–H groups in total. The topological polar surface area (TPSA) is 66.4 Å². The second-order valence-electron chi connectivity index (χ2n) is 4.47. The van der Waals surface area contributed by atoms with E-state index in [1.807, 2.05) is 18.4 Å². The molecule has 2 rings (SSSR count).